The van der Waals surface area contributed by atoms with E-state index in [1.807, 2.05) is 0 Å². The topological polar surface area (TPSA) is 21.3 Å². The van der Waals surface area contributed by atoms with E-state index < -0.39 is 0 Å². The van der Waals surface area contributed by atoms with Crippen molar-refractivity contribution in [3.63, 3.8) is 0 Å². The van der Waals surface area contributed by atoms with E-state index in [0.717, 1.165) is 12.3 Å². The lowest BCUT2D eigenvalue weighted by molar-refractivity contribution is 0.346. The number of hydrogen-bond acceptors (Lipinski definition) is 2. The van der Waals surface area contributed by atoms with Gasteiger partial charge in [0.15, 0.2) is 0 Å². The molecule has 2 nitrogen and oxygen atoms in total. The fourth-order valence-corrected chi connectivity index (χ4v) is 2.63. The predicted octanol–water partition coefficient (Wildman–Crippen LogP) is 4.09. The Balaban J connectivity index is 3.01. The number of methoxy groups -OCH3 is 1. The Bertz CT molecular complexity index is 358. The van der Waals surface area contributed by atoms with Crippen molar-refractivity contribution in [2.75, 3.05) is 13.7 Å². The van der Waals surface area contributed by atoms with E-state index in [-0.39, 0.29) is 0 Å². The molecule has 1 N–H and O–H groups in total. The minimum absolute atomic E-state index is 0.453. The maximum Gasteiger partial charge on any atom is 0.121 e. The van der Waals surface area contributed by atoms with Gasteiger partial charge < -0.3 is 10.1 Å². The molecule has 102 valence electrons. The summed E-state index contributed by atoms with van der Waals surface area (Å²) in [5.41, 5.74) is 2.59. The fraction of sp³-hybridized carbons (Fsp3) is 0.625. The molecule has 0 bridgehead atoms. The van der Waals surface area contributed by atoms with Crippen molar-refractivity contribution in [3.05, 3.63) is 29.3 Å². The van der Waals surface area contributed by atoms with Gasteiger partial charge in [-0.15, -0.1) is 0 Å². The smallest absolute Gasteiger partial charge is 0.121 e. The molecule has 0 amide bonds. The third-order valence-corrected chi connectivity index (χ3v) is 3.72. The lowest BCUT2D eigenvalue weighted by Crippen LogP contribution is -2.27. The molecule has 1 unspecified atom stereocenters. The molecule has 0 aliphatic rings. The Labute approximate surface area is 112 Å². The zero-order valence-corrected chi connectivity index (χ0v) is 12.4. The van der Waals surface area contributed by atoms with Crippen LogP contribution in [0.3, 0.4) is 0 Å². The van der Waals surface area contributed by atoms with Crippen LogP contribution in [0.15, 0.2) is 18.2 Å². The molecule has 18 heavy (non-hydrogen) atoms. The van der Waals surface area contributed by atoms with Crippen LogP contribution in [0, 0.1) is 12.8 Å². The summed E-state index contributed by atoms with van der Waals surface area (Å²) in [6, 6.07) is 6.98. The van der Waals surface area contributed by atoms with Gasteiger partial charge in [-0.05, 0) is 36.6 Å². The molecule has 0 radical (unpaired) electrons. The molecule has 1 aromatic rings. The van der Waals surface area contributed by atoms with Crippen molar-refractivity contribution in [3.8, 4) is 5.75 Å². The summed E-state index contributed by atoms with van der Waals surface area (Å²) in [7, 11) is 1.73. The highest BCUT2D eigenvalue weighted by molar-refractivity contribution is 5.37. The van der Waals surface area contributed by atoms with Crippen LogP contribution in [-0.4, -0.2) is 13.7 Å². The molecule has 1 rings (SSSR count). The Hall–Kier alpha value is -1.02. The Morgan fingerprint density at radius 1 is 1.17 bits per heavy atom. The van der Waals surface area contributed by atoms with Crippen LogP contribution in [0.2, 0.25) is 0 Å². The second-order valence-electron chi connectivity index (χ2n) is 4.84. The Morgan fingerprint density at radius 3 is 2.28 bits per heavy atom. The van der Waals surface area contributed by atoms with Crippen molar-refractivity contribution >= 4 is 0 Å². The largest absolute Gasteiger partial charge is 0.496 e. The molecule has 0 aromatic heterocycles. The van der Waals surface area contributed by atoms with E-state index in [1.54, 1.807) is 7.11 Å². The van der Waals surface area contributed by atoms with Gasteiger partial charge in [0.05, 0.1) is 7.11 Å². The maximum atomic E-state index is 5.33. The molecule has 0 fully saturated rings. The summed E-state index contributed by atoms with van der Waals surface area (Å²) in [4.78, 5) is 0. The number of benzene rings is 1. The minimum atomic E-state index is 0.453. The zero-order valence-electron chi connectivity index (χ0n) is 12.4. The third-order valence-electron chi connectivity index (χ3n) is 3.72. The summed E-state index contributed by atoms with van der Waals surface area (Å²) >= 11 is 0. The van der Waals surface area contributed by atoms with Crippen molar-refractivity contribution in [2.45, 2.75) is 46.6 Å². The molecule has 0 saturated carbocycles. The maximum absolute atomic E-state index is 5.33. The van der Waals surface area contributed by atoms with Gasteiger partial charge in [0.25, 0.3) is 0 Å². The van der Waals surface area contributed by atoms with E-state index in [0.29, 0.717) is 12.0 Å². The predicted molar refractivity (Wildman–Crippen MR) is 78.2 cm³/mol. The molecule has 0 saturated heterocycles. The van der Waals surface area contributed by atoms with Crippen LogP contribution in [-0.2, 0) is 0 Å². The average Bonchev–Trinajstić information content (AvgIpc) is 2.39. The van der Waals surface area contributed by atoms with Crippen LogP contribution >= 0.6 is 0 Å². The lowest BCUT2D eigenvalue weighted by atomic mass is 9.88. The minimum Gasteiger partial charge on any atom is -0.496 e. The third kappa shape index (κ3) is 3.49. The number of hydrogen-bond donors (Lipinski definition) is 1. The van der Waals surface area contributed by atoms with Crippen LogP contribution in [0.5, 0.6) is 5.75 Å². The first-order chi connectivity index (χ1) is 8.67. The molecule has 1 atom stereocenters. The SMILES string of the molecule is CCNC(c1ccc(OC)c(C)c1)C(CC)CC. The molecule has 0 aliphatic heterocycles. The highest BCUT2D eigenvalue weighted by atomic mass is 16.5. The highest BCUT2D eigenvalue weighted by Gasteiger charge is 2.19. The van der Waals surface area contributed by atoms with Gasteiger partial charge in [-0.3, -0.25) is 0 Å². The first-order valence-electron chi connectivity index (χ1n) is 7.05. The molecule has 0 heterocycles. The highest BCUT2D eigenvalue weighted by Crippen LogP contribution is 2.30. The number of aryl methyl sites for hydroxylation is 1. The normalized spacial score (nSPS) is 12.8. The number of nitrogens with one attached hydrogen (secondary N) is 1. The van der Waals surface area contributed by atoms with Gasteiger partial charge in [-0.25, -0.2) is 0 Å². The van der Waals surface area contributed by atoms with Gasteiger partial charge in [0.2, 0.25) is 0 Å². The Kier molecular flexibility index (Phi) is 6.20. The van der Waals surface area contributed by atoms with Gasteiger partial charge in [-0.2, -0.15) is 0 Å². The quantitative estimate of drug-likeness (QED) is 0.786. The number of rotatable bonds is 7. The van der Waals surface area contributed by atoms with Gasteiger partial charge in [0, 0.05) is 6.04 Å². The van der Waals surface area contributed by atoms with E-state index in [1.165, 1.54) is 24.0 Å². The van der Waals surface area contributed by atoms with Crippen molar-refractivity contribution in [1.82, 2.24) is 5.32 Å². The fourth-order valence-electron chi connectivity index (χ4n) is 2.63. The second kappa shape index (κ2) is 7.42. The molecular weight excluding hydrogens is 222 g/mol. The van der Waals surface area contributed by atoms with Crippen LogP contribution in [0.4, 0.5) is 0 Å². The van der Waals surface area contributed by atoms with Crippen LogP contribution in [0.25, 0.3) is 0 Å². The van der Waals surface area contributed by atoms with Crippen molar-refractivity contribution < 1.29 is 4.74 Å². The number of ether oxygens (including phenoxy) is 1. The molecule has 1 aromatic carbocycles. The van der Waals surface area contributed by atoms with E-state index >= 15 is 0 Å². The van der Waals surface area contributed by atoms with E-state index in [4.69, 9.17) is 4.74 Å². The Morgan fingerprint density at radius 2 is 1.83 bits per heavy atom. The van der Waals surface area contributed by atoms with E-state index in [9.17, 15) is 0 Å². The monoisotopic (exact) mass is 249 g/mol. The van der Waals surface area contributed by atoms with E-state index in [2.05, 4.69) is 51.2 Å². The standard InChI is InChI=1S/C16H27NO/c1-6-13(7-2)16(17-8-3)14-9-10-15(18-5)12(4)11-14/h9-11,13,16-17H,6-8H2,1-5H3. The summed E-state index contributed by atoms with van der Waals surface area (Å²) in [5, 5.41) is 3.62. The van der Waals surface area contributed by atoms with Gasteiger partial charge in [-0.1, -0.05) is 45.7 Å². The van der Waals surface area contributed by atoms with Crippen molar-refractivity contribution in [2.24, 2.45) is 5.92 Å². The molecule has 2 heteroatoms. The lowest BCUT2D eigenvalue weighted by Gasteiger charge is -2.27. The summed E-state index contributed by atoms with van der Waals surface area (Å²) in [6.07, 6.45) is 2.42. The molecule has 0 aliphatic carbocycles. The second-order valence-corrected chi connectivity index (χ2v) is 4.84. The summed E-state index contributed by atoms with van der Waals surface area (Å²) in [5.74, 6) is 1.66. The van der Waals surface area contributed by atoms with Crippen LogP contribution < -0.4 is 10.1 Å². The summed E-state index contributed by atoms with van der Waals surface area (Å²) in [6.45, 7) is 9.83. The first-order valence-corrected chi connectivity index (χ1v) is 7.05. The average molecular weight is 249 g/mol. The molecular formula is C16H27NO. The van der Waals surface area contributed by atoms with Gasteiger partial charge in [0.1, 0.15) is 5.75 Å². The zero-order chi connectivity index (χ0) is 13.5. The van der Waals surface area contributed by atoms with Crippen molar-refractivity contribution in [1.29, 1.82) is 0 Å². The van der Waals surface area contributed by atoms with Crippen LogP contribution in [0.1, 0.15) is 50.8 Å². The van der Waals surface area contributed by atoms with Gasteiger partial charge >= 0.3 is 0 Å². The molecule has 0 spiro atoms. The summed E-state index contributed by atoms with van der Waals surface area (Å²) < 4.78 is 5.33. The first kappa shape index (κ1) is 15.0.